The normalized spacial score (nSPS) is 11.5. The van der Waals surface area contributed by atoms with Gasteiger partial charge < -0.3 is 10.7 Å². The van der Waals surface area contributed by atoms with Gasteiger partial charge in [0.1, 0.15) is 18.0 Å². The first kappa shape index (κ1) is 17.7. The summed E-state index contributed by atoms with van der Waals surface area (Å²) < 4.78 is 0. The summed E-state index contributed by atoms with van der Waals surface area (Å²) in [4.78, 5) is 8.58. The number of nitrogens with zero attached hydrogens (tertiary/aromatic N) is 2. The summed E-state index contributed by atoms with van der Waals surface area (Å²) in [5, 5.41) is 3.49. The highest BCUT2D eigenvalue weighted by Crippen LogP contribution is 2.26. The van der Waals surface area contributed by atoms with Crippen LogP contribution in [0.3, 0.4) is 0 Å². The second kappa shape index (κ2) is 8.82. The fourth-order valence-electron chi connectivity index (χ4n) is 2.44. The van der Waals surface area contributed by atoms with Crippen LogP contribution in [0.2, 0.25) is 0 Å². The Balaban J connectivity index is 2.69. The smallest absolute Gasteiger partial charge is 0.148 e. The third-order valence-electron chi connectivity index (χ3n) is 3.77. The average Bonchev–Trinajstić information content (AvgIpc) is 2.46. The predicted molar refractivity (Wildman–Crippen MR) is 90.2 cm³/mol. The number of nitrogens with one attached hydrogen (secondary N) is 2. The lowest BCUT2D eigenvalue weighted by Gasteiger charge is -2.26. The maximum atomic E-state index is 5.54. The molecule has 5 nitrogen and oxygen atoms in total. The van der Waals surface area contributed by atoms with Crippen LogP contribution in [0.5, 0.6) is 0 Å². The van der Waals surface area contributed by atoms with Gasteiger partial charge >= 0.3 is 0 Å². The molecule has 1 aromatic heterocycles. The SMILES string of the molecule is CCCCCC(C)(C)CNc1ncnc(NN)c1CCC. The highest BCUT2D eigenvalue weighted by molar-refractivity contribution is 5.56. The van der Waals surface area contributed by atoms with Gasteiger partial charge in [0.05, 0.1) is 0 Å². The first-order valence-electron chi connectivity index (χ1n) is 8.08. The number of hydrogen-bond acceptors (Lipinski definition) is 5. The van der Waals surface area contributed by atoms with E-state index < -0.39 is 0 Å². The van der Waals surface area contributed by atoms with Crippen molar-refractivity contribution in [1.82, 2.24) is 9.97 Å². The average molecular weight is 293 g/mol. The van der Waals surface area contributed by atoms with Crippen molar-refractivity contribution >= 4 is 11.6 Å². The van der Waals surface area contributed by atoms with E-state index in [0.717, 1.165) is 36.6 Å². The number of rotatable bonds is 10. The maximum Gasteiger partial charge on any atom is 0.148 e. The number of anilines is 2. The summed E-state index contributed by atoms with van der Waals surface area (Å²) in [6.45, 7) is 9.90. The molecule has 1 rings (SSSR count). The van der Waals surface area contributed by atoms with Crippen LogP contribution in [0.15, 0.2) is 6.33 Å². The Morgan fingerprint density at radius 3 is 2.43 bits per heavy atom. The minimum absolute atomic E-state index is 0.264. The molecule has 4 N–H and O–H groups in total. The molecule has 1 aromatic rings. The maximum absolute atomic E-state index is 5.54. The molecule has 0 bridgehead atoms. The molecule has 0 unspecified atom stereocenters. The standard InChI is InChI=1S/C16H31N5/c1-5-7-8-10-16(3,4)11-18-14-13(9-6-2)15(21-17)20-12-19-14/h12H,5-11,17H2,1-4H3,(H2,18,19,20,21). The van der Waals surface area contributed by atoms with Crippen molar-refractivity contribution in [2.45, 2.75) is 66.2 Å². The Hall–Kier alpha value is -1.36. The molecule has 5 heteroatoms. The van der Waals surface area contributed by atoms with E-state index in [1.807, 2.05) is 0 Å². The largest absolute Gasteiger partial charge is 0.369 e. The summed E-state index contributed by atoms with van der Waals surface area (Å²) in [5.74, 6) is 7.17. The predicted octanol–water partition coefficient (Wildman–Crippen LogP) is 3.73. The van der Waals surface area contributed by atoms with Gasteiger partial charge in [0.2, 0.25) is 0 Å². The number of nitrogens with two attached hydrogens (primary N) is 1. The van der Waals surface area contributed by atoms with E-state index in [1.165, 1.54) is 25.7 Å². The van der Waals surface area contributed by atoms with Crippen molar-refractivity contribution in [2.24, 2.45) is 11.3 Å². The molecule has 0 saturated heterocycles. The van der Waals surface area contributed by atoms with Crippen LogP contribution in [0.1, 0.15) is 65.4 Å². The molecule has 0 radical (unpaired) electrons. The van der Waals surface area contributed by atoms with E-state index >= 15 is 0 Å². The zero-order valence-electron chi connectivity index (χ0n) is 14.0. The quantitative estimate of drug-likeness (QED) is 0.348. The van der Waals surface area contributed by atoms with Crippen molar-refractivity contribution in [3.63, 3.8) is 0 Å². The lowest BCUT2D eigenvalue weighted by molar-refractivity contribution is 0.342. The Morgan fingerprint density at radius 2 is 1.81 bits per heavy atom. The van der Waals surface area contributed by atoms with Crippen LogP contribution in [-0.2, 0) is 6.42 Å². The molecule has 0 aliphatic rings. The molecule has 0 saturated carbocycles. The second-order valence-electron chi connectivity index (χ2n) is 6.42. The number of hydrazine groups is 1. The first-order chi connectivity index (χ1) is 10.0. The molecule has 0 amide bonds. The summed E-state index contributed by atoms with van der Waals surface area (Å²) in [6.07, 6.45) is 8.59. The first-order valence-corrected chi connectivity index (χ1v) is 8.08. The minimum atomic E-state index is 0.264. The van der Waals surface area contributed by atoms with Gasteiger partial charge in [-0.05, 0) is 18.3 Å². The third-order valence-corrected chi connectivity index (χ3v) is 3.77. The molecule has 21 heavy (non-hydrogen) atoms. The van der Waals surface area contributed by atoms with E-state index in [2.05, 4.69) is 48.4 Å². The molecule has 0 fully saturated rings. The molecule has 0 aromatic carbocycles. The Bertz CT molecular complexity index is 417. The van der Waals surface area contributed by atoms with Crippen LogP contribution < -0.4 is 16.6 Å². The number of aromatic nitrogens is 2. The van der Waals surface area contributed by atoms with Crippen LogP contribution >= 0.6 is 0 Å². The van der Waals surface area contributed by atoms with E-state index in [-0.39, 0.29) is 5.41 Å². The van der Waals surface area contributed by atoms with Crippen molar-refractivity contribution < 1.29 is 0 Å². The molecular formula is C16H31N5. The molecule has 0 aliphatic heterocycles. The molecule has 0 spiro atoms. The van der Waals surface area contributed by atoms with Crippen LogP contribution in [0, 0.1) is 5.41 Å². The molecule has 120 valence electrons. The van der Waals surface area contributed by atoms with Crippen molar-refractivity contribution in [1.29, 1.82) is 0 Å². The fraction of sp³-hybridized carbons (Fsp3) is 0.750. The third kappa shape index (κ3) is 5.87. The number of nitrogen functional groups attached to an aromatic ring is 1. The highest BCUT2D eigenvalue weighted by Gasteiger charge is 2.18. The van der Waals surface area contributed by atoms with Gasteiger partial charge in [-0.25, -0.2) is 15.8 Å². The van der Waals surface area contributed by atoms with Crippen molar-refractivity contribution in [3.8, 4) is 0 Å². The Labute approximate surface area is 129 Å². The highest BCUT2D eigenvalue weighted by atomic mass is 15.3. The monoisotopic (exact) mass is 293 g/mol. The summed E-state index contributed by atoms with van der Waals surface area (Å²) in [6, 6.07) is 0. The molecular weight excluding hydrogens is 262 g/mol. The number of hydrogen-bond donors (Lipinski definition) is 3. The Kier molecular flexibility index (Phi) is 7.43. The summed E-state index contributed by atoms with van der Waals surface area (Å²) in [7, 11) is 0. The lowest BCUT2D eigenvalue weighted by Crippen LogP contribution is -2.24. The summed E-state index contributed by atoms with van der Waals surface area (Å²) in [5.41, 5.74) is 4.01. The minimum Gasteiger partial charge on any atom is -0.369 e. The second-order valence-corrected chi connectivity index (χ2v) is 6.42. The molecule has 0 aliphatic carbocycles. The fourth-order valence-corrected chi connectivity index (χ4v) is 2.44. The zero-order chi connectivity index (χ0) is 15.7. The van der Waals surface area contributed by atoms with Crippen LogP contribution in [0.4, 0.5) is 11.6 Å². The van der Waals surface area contributed by atoms with E-state index in [4.69, 9.17) is 5.84 Å². The molecule has 1 heterocycles. The van der Waals surface area contributed by atoms with Crippen molar-refractivity contribution in [3.05, 3.63) is 11.9 Å². The van der Waals surface area contributed by atoms with E-state index in [0.29, 0.717) is 0 Å². The summed E-state index contributed by atoms with van der Waals surface area (Å²) >= 11 is 0. The number of unbranched alkanes of at least 4 members (excludes halogenated alkanes) is 2. The van der Waals surface area contributed by atoms with Crippen LogP contribution in [0.25, 0.3) is 0 Å². The van der Waals surface area contributed by atoms with Gasteiger partial charge in [-0.1, -0.05) is 53.4 Å². The van der Waals surface area contributed by atoms with E-state index in [9.17, 15) is 0 Å². The van der Waals surface area contributed by atoms with Gasteiger partial charge in [0, 0.05) is 12.1 Å². The van der Waals surface area contributed by atoms with E-state index in [1.54, 1.807) is 6.33 Å². The van der Waals surface area contributed by atoms with Gasteiger partial charge in [-0.15, -0.1) is 0 Å². The van der Waals surface area contributed by atoms with Gasteiger partial charge in [0.15, 0.2) is 0 Å². The topological polar surface area (TPSA) is 75.9 Å². The Morgan fingerprint density at radius 1 is 1.10 bits per heavy atom. The van der Waals surface area contributed by atoms with Gasteiger partial charge in [-0.3, -0.25) is 0 Å². The van der Waals surface area contributed by atoms with Gasteiger partial charge in [-0.2, -0.15) is 0 Å². The van der Waals surface area contributed by atoms with Gasteiger partial charge in [0.25, 0.3) is 0 Å². The van der Waals surface area contributed by atoms with Crippen LogP contribution in [-0.4, -0.2) is 16.5 Å². The lowest BCUT2D eigenvalue weighted by atomic mass is 9.87. The van der Waals surface area contributed by atoms with Crippen molar-refractivity contribution in [2.75, 3.05) is 17.3 Å². The zero-order valence-corrected chi connectivity index (χ0v) is 14.0. The molecule has 0 atom stereocenters.